The molecule has 1 aromatic rings. The Bertz CT molecular complexity index is 286. The fourth-order valence-corrected chi connectivity index (χ4v) is 1.53. The first-order chi connectivity index (χ1) is 6.19. The van der Waals surface area contributed by atoms with Crippen molar-refractivity contribution in [2.75, 3.05) is 12.4 Å². The topological polar surface area (TPSA) is 29.5 Å². The molecular weight excluding hydrogens is 232 g/mol. The number of benzene rings is 1. The number of aliphatic hydroxyl groups is 1. The highest BCUT2D eigenvalue weighted by Gasteiger charge is 2.11. The van der Waals surface area contributed by atoms with Crippen LogP contribution in [0.2, 0.25) is 0 Å². The molecule has 0 spiro atoms. The Morgan fingerprint density at radius 2 is 2.23 bits per heavy atom. The van der Waals surface area contributed by atoms with E-state index in [0.29, 0.717) is 5.33 Å². The van der Waals surface area contributed by atoms with Crippen LogP contribution in [-0.2, 0) is 0 Å². The fraction of sp³-hybridized carbons (Fsp3) is 0.400. The minimum atomic E-state index is -0.504. The van der Waals surface area contributed by atoms with E-state index in [0.717, 1.165) is 16.9 Å². The average molecular weight is 245 g/mol. The van der Waals surface area contributed by atoms with Crippen LogP contribution in [0.15, 0.2) is 18.2 Å². The Morgan fingerprint density at radius 3 is 2.77 bits per heavy atom. The number of alkyl halides is 1. The number of halogens is 1. The summed E-state index contributed by atoms with van der Waals surface area (Å²) < 4.78 is 5.17. The molecule has 0 radical (unpaired) electrons. The molecule has 0 aliphatic carbocycles. The summed E-state index contributed by atoms with van der Waals surface area (Å²) in [5.74, 6) is 0.743. The van der Waals surface area contributed by atoms with Crippen molar-refractivity contribution >= 4 is 15.9 Å². The molecule has 0 aliphatic heterocycles. The lowest BCUT2D eigenvalue weighted by Crippen LogP contribution is -2.01. The summed E-state index contributed by atoms with van der Waals surface area (Å²) >= 11 is 3.23. The van der Waals surface area contributed by atoms with Crippen LogP contribution in [0.3, 0.4) is 0 Å². The average Bonchev–Trinajstić information content (AvgIpc) is 2.16. The third-order valence-corrected chi connectivity index (χ3v) is 2.51. The van der Waals surface area contributed by atoms with Crippen LogP contribution in [0.4, 0.5) is 0 Å². The van der Waals surface area contributed by atoms with Gasteiger partial charge in [0.1, 0.15) is 5.75 Å². The van der Waals surface area contributed by atoms with Gasteiger partial charge >= 0.3 is 0 Å². The molecule has 0 amide bonds. The second-order valence-corrected chi connectivity index (χ2v) is 3.56. The van der Waals surface area contributed by atoms with Gasteiger partial charge in [0, 0.05) is 10.9 Å². The maximum Gasteiger partial charge on any atom is 0.124 e. The van der Waals surface area contributed by atoms with Crippen LogP contribution >= 0.6 is 15.9 Å². The number of rotatable bonds is 3. The Morgan fingerprint density at radius 1 is 1.54 bits per heavy atom. The van der Waals surface area contributed by atoms with Crippen molar-refractivity contribution in [3.05, 3.63) is 29.3 Å². The van der Waals surface area contributed by atoms with Gasteiger partial charge in [-0.15, -0.1) is 0 Å². The minimum absolute atomic E-state index is 0.504. The van der Waals surface area contributed by atoms with Gasteiger partial charge in [-0.1, -0.05) is 28.1 Å². The van der Waals surface area contributed by atoms with Gasteiger partial charge in [0.25, 0.3) is 0 Å². The maximum atomic E-state index is 9.61. The molecule has 0 saturated heterocycles. The summed E-state index contributed by atoms with van der Waals surface area (Å²) in [6, 6.07) is 5.77. The van der Waals surface area contributed by atoms with Crippen LogP contribution in [0.25, 0.3) is 0 Å². The molecule has 13 heavy (non-hydrogen) atoms. The van der Waals surface area contributed by atoms with E-state index in [-0.39, 0.29) is 0 Å². The molecule has 1 aromatic carbocycles. The number of aryl methyl sites for hydroxylation is 1. The van der Waals surface area contributed by atoms with E-state index >= 15 is 0 Å². The molecule has 72 valence electrons. The summed E-state index contributed by atoms with van der Waals surface area (Å²) in [6.07, 6.45) is -0.504. The Hall–Kier alpha value is -0.540. The summed E-state index contributed by atoms with van der Waals surface area (Å²) in [4.78, 5) is 0. The smallest absolute Gasteiger partial charge is 0.124 e. The Balaban J connectivity index is 3.05. The van der Waals surface area contributed by atoms with Crippen molar-refractivity contribution in [1.29, 1.82) is 0 Å². The number of ether oxygens (including phenoxy) is 1. The molecule has 0 fully saturated rings. The van der Waals surface area contributed by atoms with Gasteiger partial charge < -0.3 is 9.84 Å². The van der Waals surface area contributed by atoms with Gasteiger partial charge in [0.15, 0.2) is 0 Å². The van der Waals surface area contributed by atoms with Crippen LogP contribution in [0.5, 0.6) is 5.75 Å². The fourth-order valence-electron chi connectivity index (χ4n) is 1.18. The predicted octanol–water partition coefficient (Wildman–Crippen LogP) is 2.43. The highest BCUT2D eigenvalue weighted by Crippen LogP contribution is 2.27. The number of hydrogen-bond acceptors (Lipinski definition) is 2. The molecule has 1 rings (SSSR count). The highest BCUT2D eigenvalue weighted by molar-refractivity contribution is 9.09. The zero-order chi connectivity index (χ0) is 9.84. The van der Waals surface area contributed by atoms with E-state index in [1.807, 2.05) is 25.1 Å². The maximum absolute atomic E-state index is 9.61. The summed E-state index contributed by atoms with van der Waals surface area (Å²) in [5.41, 5.74) is 1.95. The molecule has 0 aromatic heterocycles. The third kappa shape index (κ3) is 2.45. The van der Waals surface area contributed by atoms with Crippen LogP contribution in [0.1, 0.15) is 17.2 Å². The van der Waals surface area contributed by atoms with Crippen molar-refractivity contribution in [2.45, 2.75) is 13.0 Å². The first kappa shape index (κ1) is 10.5. The summed E-state index contributed by atoms with van der Waals surface area (Å²) in [6.45, 7) is 1.99. The van der Waals surface area contributed by atoms with Gasteiger partial charge in [-0.3, -0.25) is 0 Å². The lowest BCUT2D eigenvalue weighted by molar-refractivity contribution is 0.200. The monoisotopic (exact) mass is 244 g/mol. The van der Waals surface area contributed by atoms with E-state index in [4.69, 9.17) is 4.74 Å². The van der Waals surface area contributed by atoms with Crippen LogP contribution in [-0.4, -0.2) is 17.5 Å². The molecule has 1 unspecified atom stereocenters. The number of hydrogen-bond donors (Lipinski definition) is 1. The SMILES string of the molecule is COc1cc(C)ccc1C(O)CBr. The molecule has 1 N–H and O–H groups in total. The van der Waals surface area contributed by atoms with Crippen molar-refractivity contribution in [1.82, 2.24) is 0 Å². The van der Waals surface area contributed by atoms with Gasteiger partial charge in [-0.05, 0) is 18.6 Å². The molecule has 0 saturated carbocycles. The van der Waals surface area contributed by atoms with Gasteiger partial charge in [0.2, 0.25) is 0 Å². The Labute approximate surface area is 86.7 Å². The van der Waals surface area contributed by atoms with Crippen molar-refractivity contribution < 1.29 is 9.84 Å². The first-order valence-corrected chi connectivity index (χ1v) is 5.19. The zero-order valence-corrected chi connectivity index (χ0v) is 9.34. The zero-order valence-electron chi connectivity index (χ0n) is 7.75. The van der Waals surface area contributed by atoms with E-state index in [2.05, 4.69) is 15.9 Å². The minimum Gasteiger partial charge on any atom is -0.496 e. The second kappa shape index (κ2) is 4.63. The Kier molecular flexibility index (Phi) is 3.75. The predicted molar refractivity (Wildman–Crippen MR) is 56.5 cm³/mol. The summed E-state index contributed by atoms with van der Waals surface area (Å²) in [7, 11) is 1.61. The van der Waals surface area contributed by atoms with E-state index in [1.54, 1.807) is 7.11 Å². The van der Waals surface area contributed by atoms with Gasteiger partial charge in [0.05, 0.1) is 13.2 Å². The van der Waals surface area contributed by atoms with E-state index < -0.39 is 6.10 Å². The molecule has 0 bridgehead atoms. The molecule has 1 atom stereocenters. The first-order valence-electron chi connectivity index (χ1n) is 4.07. The number of methoxy groups -OCH3 is 1. The van der Waals surface area contributed by atoms with E-state index in [9.17, 15) is 5.11 Å². The van der Waals surface area contributed by atoms with Gasteiger partial charge in [-0.25, -0.2) is 0 Å². The molecular formula is C10H13BrO2. The standard InChI is InChI=1S/C10H13BrO2/c1-7-3-4-8(9(12)6-11)10(5-7)13-2/h3-5,9,12H,6H2,1-2H3. The summed E-state index contributed by atoms with van der Waals surface area (Å²) in [5, 5.41) is 10.1. The third-order valence-electron chi connectivity index (χ3n) is 1.89. The second-order valence-electron chi connectivity index (χ2n) is 2.92. The normalized spacial score (nSPS) is 12.6. The largest absolute Gasteiger partial charge is 0.496 e. The van der Waals surface area contributed by atoms with Crippen molar-refractivity contribution in [3.8, 4) is 5.75 Å². The van der Waals surface area contributed by atoms with E-state index in [1.165, 1.54) is 0 Å². The van der Waals surface area contributed by atoms with Crippen LogP contribution in [0, 0.1) is 6.92 Å². The van der Waals surface area contributed by atoms with Crippen molar-refractivity contribution in [3.63, 3.8) is 0 Å². The lowest BCUT2D eigenvalue weighted by atomic mass is 10.1. The van der Waals surface area contributed by atoms with Gasteiger partial charge in [-0.2, -0.15) is 0 Å². The van der Waals surface area contributed by atoms with Crippen molar-refractivity contribution in [2.24, 2.45) is 0 Å². The lowest BCUT2D eigenvalue weighted by Gasteiger charge is -2.12. The molecule has 2 nitrogen and oxygen atoms in total. The quantitative estimate of drug-likeness (QED) is 0.828. The number of aliphatic hydroxyl groups excluding tert-OH is 1. The highest BCUT2D eigenvalue weighted by atomic mass is 79.9. The molecule has 0 heterocycles. The molecule has 3 heteroatoms. The van der Waals surface area contributed by atoms with Crippen LogP contribution < -0.4 is 4.74 Å². The molecule has 0 aliphatic rings.